The van der Waals surface area contributed by atoms with Crippen molar-refractivity contribution in [1.29, 1.82) is 0 Å². The highest BCUT2D eigenvalue weighted by Crippen LogP contribution is 2.13. The van der Waals surface area contributed by atoms with E-state index in [9.17, 15) is 4.79 Å². The number of thiazole rings is 1. The Morgan fingerprint density at radius 1 is 1.61 bits per heavy atom. The first-order valence-corrected chi connectivity index (χ1v) is 6.52. The van der Waals surface area contributed by atoms with E-state index in [1.54, 1.807) is 11.3 Å². The molecule has 7 heteroatoms. The molecule has 0 bridgehead atoms. The number of aryl methyl sites for hydroxylation is 1. The number of carbonyl (C=O) groups excluding carboxylic acids is 1. The van der Waals surface area contributed by atoms with Crippen LogP contribution in [0.15, 0.2) is 5.51 Å². The smallest absolute Gasteiger partial charge is 0.224 e. The maximum Gasteiger partial charge on any atom is 0.224 e. The Labute approximate surface area is 124 Å². The lowest BCUT2D eigenvalue weighted by Gasteiger charge is -2.21. The SMILES string of the molecule is Cc1ncsc1CNC(=O)[C@@H]1CCCNC1.Cl.Cl. The molecule has 0 aromatic carbocycles. The van der Waals surface area contributed by atoms with Gasteiger partial charge >= 0.3 is 0 Å². The van der Waals surface area contributed by atoms with E-state index < -0.39 is 0 Å². The average Bonchev–Trinajstić information content (AvgIpc) is 2.73. The number of aromatic nitrogens is 1. The normalized spacial score (nSPS) is 18.4. The molecule has 0 saturated carbocycles. The molecule has 104 valence electrons. The van der Waals surface area contributed by atoms with E-state index in [1.807, 2.05) is 12.4 Å². The Hall–Kier alpha value is -0.360. The fourth-order valence-electron chi connectivity index (χ4n) is 1.88. The van der Waals surface area contributed by atoms with Gasteiger partial charge in [0, 0.05) is 11.4 Å². The summed E-state index contributed by atoms with van der Waals surface area (Å²) in [5.74, 6) is 0.307. The van der Waals surface area contributed by atoms with Crippen molar-refractivity contribution in [1.82, 2.24) is 15.6 Å². The molecule has 0 spiro atoms. The Balaban J connectivity index is 0.00000144. The van der Waals surface area contributed by atoms with E-state index in [-0.39, 0.29) is 36.6 Å². The third kappa shape index (κ3) is 4.72. The van der Waals surface area contributed by atoms with Gasteiger partial charge in [-0.3, -0.25) is 4.79 Å². The lowest BCUT2D eigenvalue weighted by molar-refractivity contribution is -0.125. The number of hydrogen-bond acceptors (Lipinski definition) is 4. The summed E-state index contributed by atoms with van der Waals surface area (Å²) < 4.78 is 0. The summed E-state index contributed by atoms with van der Waals surface area (Å²) in [6.45, 7) is 4.44. The third-order valence-corrected chi connectivity index (χ3v) is 3.87. The second-order valence-corrected chi connectivity index (χ2v) is 5.06. The van der Waals surface area contributed by atoms with Crippen LogP contribution in [-0.2, 0) is 11.3 Å². The summed E-state index contributed by atoms with van der Waals surface area (Å²) in [5, 5.41) is 6.24. The molecule has 1 atom stereocenters. The van der Waals surface area contributed by atoms with Crippen LogP contribution in [0.1, 0.15) is 23.4 Å². The summed E-state index contributed by atoms with van der Waals surface area (Å²) in [7, 11) is 0. The van der Waals surface area contributed by atoms with Gasteiger partial charge in [0.05, 0.1) is 23.7 Å². The van der Waals surface area contributed by atoms with Gasteiger partial charge in [-0.25, -0.2) is 4.98 Å². The van der Waals surface area contributed by atoms with Crippen molar-refractivity contribution in [3.8, 4) is 0 Å². The molecular formula is C11H19Cl2N3OS. The summed E-state index contributed by atoms with van der Waals surface area (Å²) >= 11 is 1.60. The zero-order valence-corrected chi connectivity index (χ0v) is 12.7. The van der Waals surface area contributed by atoms with Gasteiger partial charge in [0.1, 0.15) is 0 Å². The van der Waals surface area contributed by atoms with E-state index in [0.29, 0.717) is 6.54 Å². The number of nitrogens with one attached hydrogen (secondary N) is 2. The first kappa shape index (κ1) is 17.6. The molecule has 4 nitrogen and oxygen atoms in total. The minimum atomic E-state index is 0. The van der Waals surface area contributed by atoms with Gasteiger partial charge in [-0.2, -0.15) is 0 Å². The molecule has 2 heterocycles. The largest absolute Gasteiger partial charge is 0.351 e. The predicted molar refractivity (Wildman–Crippen MR) is 78.8 cm³/mol. The number of hydrogen-bond donors (Lipinski definition) is 2. The highest BCUT2D eigenvalue weighted by atomic mass is 35.5. The predicted octanol–water partition coefficient (Wildman–Crippen LogP) is 1.91. The second kappa shape index (κ2) is 8.69. The van der Waals surface area contributed by atoms with Crippen molar-refractivity contribution >= 4 is 42.1 Å². The lowest BCUT2D eigenvalue weighted by atomic mass is 9.99. The van der Waals surface area contributed by atoms with E-state index in [1.165, 1.54) is 0 Å². The van der Waals surface area contributed by atoms with Crippen LogP contribution in [0.3, 0.4) is 0 Å². The van der Waals surface area contributed by atoms with Crippen molar-refractivity contribution in [2.24, 2.45) is 5.92 Å². The van der Waals surface area contributed by atoms with Crippen LogP contribution >= 0.6 is 36.2 Å². The van der Waals surface area contributed by atoms with E-state index in [2.05, 4.69) is 15.6 Å². The number of halogens is 2. The molecular weight excluding hydrogens is 293 g/mol. The monoisotopic (exact) mass is 311 g/mol. The zero-order valence-electron chi connectivity index (χ0n) is 10.3. The minimum Gasteiger partial charge on any atom is -0.351 e. The van der Waals surface area contributed by atoms with Gasteiger partial charge in [0.2, 0.25) is 5.91 Å². The second-order valence-electron chi connectivity index (χ2n) is 4.12. The average molecular weight is 312 g/mol. The van der Waals surface area contributed by atoms with Gasteiger partial charge in [-0.05, 0) is 26.3 Å². The van der Waals surface area contributed by atoms with E-state index in [4.69, 9.17) is 0 Å². The lowest BCUT2D eigenvalue weighted by Crippen LogP contribution is -2.40. The minimum absolute atomic E-state index is 0. The number of piperidine rings is 1. The van der Waals surface area contributed by atoms with Crippen LogP contribution in [0, 0.1) is 12.8 Å². The Morgan fingerprint density at radius 2 is 2.39 bits per heavy atom. The maximum atomic E-state index is 11.8. The van der Waals surface area contributed by atoms with Crippen LogP contribution in [0.5, 0.6) is 0 Å². The van der Waals surface area contributed by atoms with Crippen LogP contribution in [0.25, 0.3) is 0 Å². The van der Waals surface area contributed by atoms with Crippen molar-refractivity contribution in [3.05, 3.63) is 16.1 Å². The maximum absolute atomic E-state index is 11.8. The standard InChI is InChI=1S/C11H17N3OS.2ClH/c1-8-10(16-7-14-8)6-13-11(15)9-3-2-4-12-5-9;;/h7,9,12H,2-6H2,1H3,(H,13,15);2*1H/t9-;;/m1../s1. The molecule has 1 aliphatic heterocycles. The third-order valence-electron chi connectivity index (χ3n) is 2.94. The van der Waals surface area contributed by atoms with Crippen molar-refractivity contribution in [2.45, 2.75) is 26.3 Å². The van der Waals surface area contributed by atoms with Gasteiger partial charge in [0.15, 0.2) is 0 Å². The van der Waals surface area contributed by atoms with Gasteiger partial charge in [0.25, 0.3) is 0 Å². The Morgan fingerprint density at radius 3 is 2.94 bits per heavy atom. The summed E-state index contributed by atoms with van der Waals surface area (Å²) in [5.41, 5.74) is 2.84. The van der Waals surface area contributed by atoms with Crippen molar-refractivity contribution in [2.75, 3.05) is 13.1 Å². The number of nitrogens with zero attached hydrogens (tertiary/aromatic N) is 1. The van der Waals surface area contributed by atoms with E-state index in [0.717, 1.165) is 36.5 Å². The van der Waals surface area contributed by atoms with Crippen LogP contribution in [0.4, 0.5) is 0 Å². The van der Waals surface area contributed by atoms with Gasteiger partial charge in [-0.1, -0.05) is 0 Å². The first-order chi connectivity index (χ1) is 7.77. The molecule has 0 unspecified atom stereocenters. The van der Waals surface area contributed by atoms with E-state index >= 15 is 0 Å². The summed E-state index contributed by atoms with van der Waals surface area (Å²) in [4.78, 5) is 17.1. The number of carbonyl (C=O) groups is 1. The highest BCUT2D eigenvalue weighted by Gasteiger charge is 2.20. The molecule has 0 aliphatic carbocycles. The molecule has 1 fully saturated rings. The highest BCUT2D eigenvalue weighted by molar-refractivity contribution is 7.09. The molecule has 1 aliphatic rings. The van der Waals surface area contributed by atoms with Crippen molar-refractivity contribution < 1.29 is 4.79 Å². The summed E-state index contributed by atoms with van der Waals surface area (Å²) in [6, 6.07) is 0. The molecule has 2 rings (SSSR count). The van der Waals surface area contributed by atoms with Crippen molar-refractivity contribution in [3.63, 3.8) is 0 Å². The Bertz CT molecular complexity index is 367. The van der Waals surface area contributed by atoms with Gasteiger partial charge in [-0.15, -0.1) is 36.2 Å². The van der Waals surface area contributed by atoms with Crippen LogP contribution in [0.2, 0.25) is 0 Å². The topological polar surface area (TPSA) is 54.0 Å². The molecule has 1 aromatic rings. The quantitative estimate of drug-likeness (QED) is 0.896. The van der Waals surface area contributed by atoms with Gasteiger partial charge < -0.3 is 10.6 Å². The van der Waals surface area contributed by atoms with Crippen LogP contribution in [-0.4, -0.2) is 24.0 Å². The number of amides is 1. The zero-order chi connectivity index (χ0) is 11.4. The fraction of sp³-hybridized carbons (Fsp3) is 0.636. The first-order valence-electron chi connectivity index (χ1n) is 5.65. The molecule has 1 aromatic heterocycles. The summed E-state index contributed by atoms with van der Waals surface area (Å²) in [6.07, 6.45) is 2.10. The molecule has 18 heavy (non-hydrogen) atoms. The molecule has 1 saturated heterocycles. The van der Waals surface area contributed by atoms with Crippen LogP contribution < -0.4 is 10.6 Å². The molecule has 2 N–H and O–H groups in total. The molecule has 0 radical (unpaired) electrons. The Kier molecular flexibility index (Phi) is 8.52. The fourth-order valence-corrected chi connectivity index (χ4v) is 2.60. The molecule has 1 amide bonds. The number of rotatable bonds is 3.